The van der Waals surface area contributed by atoms with Crippen LogP contribution < -0.4 is 5.32 Å². The highest BCUT2D eigenvalue weighted by Gasteiger charge is 2.36. The summed E-state index contributed by atoms with van der Waals surface area (Å²) in [5.74, 6) is 0. The SMILES string of the molecule is CCC1(CCC(F)(F)F)CCCN1. The molecule has 1 fully saturated rings. The Hall–Kier alpha value is -0.250. The summed E-state index contributed by atoms with van der Waals surface area (Å²) in [5, 5.41) is 3.19. The van der Waals surface area contributed by atoms with Gasteiger partial charge in [0.2, 0.25) is 0 Å². The molecule has 1 nitrogen and oxygen atoms in total. The summed E-state index contributed by atoms with van der Waals surface area (Å²) in [5.41, 5.74) is -0.227. The van der Waals surface area contributed by atoms with E-state index in [1.807, 2.05) is 6.92 Å². The lowest BCUT2D eigenvalue weighted by Crippen LogP contribution is -2.39. The third-order valence-electron chi connectivity index (χ3n) is 2.90. The summed E-state index contributed by atoms with van der Waals surface area (Å²) < 4.78 is 36.0. The van der Waals surface area contributed by atoms with Crippen LogP contribution in [-0.4, -0.2) is 18.3 Å². The highest BCUT2D eigenvalue weighted by atomic mass is 19.4. The minimum absolute atomic E-state index is 0.227. The average molecular weight is 195 g/mol. The van der Waals surface area contributed by atoms with Crippen LogP contribution in [0.5, 0.6) is 0 Å². The quantitative estimate of drug-likeness (QED) is 0.730. The Morgan fingerprint density at radius 3 is 2.46 bits per heavy atom. The van der Waals surface area contributed by atoms with E-state index in [4.69, 9.17) is 0 Å². The van der Waals surface area contributed by atoms with E-state index < -0.39 is 12.6 Å². The summed E-state index contributed by atoms with van der Waals surface area (Å²) in [6.07, 6.45) is -1.75. The smallest absolute Gasteiger partial charge is 0.311 e. The molecule has 1 unspecified atom stereocenters. The van der Waals surface area contributed by atoms with Crippen LogP contribution in [0.15, 0.2) is 0 Å². The molecule has 1 aliphatic heterocycles. The lowest BCUT2D eigenvalue weighted by atomic mass is 9.89. The van der Waals surface area contributed by atoms with Crippen LogP contribution in [0.2, 0.25) is 0 Å². The average Bonchev–Trinajstić information content (AvgIpc) is 2.49. The van der Waals surface area contributed by atoms with Gasteiger partial charge in [0, 0.05) is 12.0 Å². The van der Waals surface area contributed by atoms with Gasteiger partial charge in [-0.1, -0.05) is 6.92 Å². The minimum Gasteiger partial charge on any atom is -0.311 e. The molecule has 1 heterocycles. The van der Waals surface area contributed by atoms with Gasteiger partial charge in [-0.05, 0) is 32.2 Å². The molecule has 1 rings (SSSR count). The van der Waals surface area contributed by atoms with Crippen LogP contribution in [0.1, 0.15) is 39.0 Å². The van der Waals surface area contributed by atoms with Gasteiger partial charge in [0.15, 0.2) is 0 Å². The second-order valence-electron chi connectivity index (χ2n) is 3.78. The first kappa shape index (κ1) is 10.8. The molecule has 0 aromatic rings. The second kappa shape index (κ2) is 3.86. The van der Waals surface area contributed by atoms with E-state index in [9.17, 15) is 13.2 Å². The predicted octanol–water partition coefficient (Wildman–Crippen LogP) is 2.86. The molecule has 0 aromatic carbocycles. The Balaban J connectivity index is 2.40. The van der Waals surface area contributed by atoms with E-state index in [0.717, 1.165) is 25.8 Å². The number of alkyl halides is 3. The van der Waals surface area contributed by atoms with E-state index in [1.54, 1.807) is 0 Å². The van der Waals surface area contributed by atoms with E-state index in [-0.39, 0.29) is 12.0 Å². The molecule has 0 radical (unpaired) electrons. The van der Waals surface area contributed by atoms with Crippen molar-refractivity contribution in [2.75, 3.05) is 6.54 Å². The summed E-state index contributed by atoms with van der Waals surface area (Å²) in [6.45, 7) is 2.82. The van der Waals surface area contributed by atoms with Crippen molar-refractivity contribution in [2.45, 2.75) is 50.7 Å². The zero-order chi connectivity index (χ0) is 9.95. The van der Waals surface area contributed by atoms with Crippen LogP contribution in [-0.2, 0) is 0 Å². The van der Waals surface area contributed by atoms with E-state index in [0.29, 0.717) is 0 Å². The topological polar surface area (TPSA) is 12.0 Å². The van der Waals surface area contributed by atoms with Crippen molar-refractivity contribution >= 4 is 0 Å². The van der Waals surface area contributed by atoms with Gasteiger partial charge in [0.05, 0.1) is 0 Å². The van der Waals surface area contributed by atoms with Crippen molar-refractivity contribution in [1.29, 1.82) is 0 Å². The first-order chi connectivity index (χ1) is 5.97. The van der Waals surface area contributed by atoms with Crippen LogP contribution >= 0.6 is 0 Å². The Labute approximate surface area is 76.7 Å². The summed E-state index contributed by atoms with van der Waals surface area (Å²) >= 11 is 0. The van der Waals surface area contributed by atoms with Gasteiger partial charge in [0.25, 0.3) is 0 Å². The third-order valence-corrected chi connectivity index (χ3v) is 2.90. The van der Waals surface area contributed by atoms with E-state index in [2.05, 4.69) is 5.32 Å². The van der Waals surface area contributed by atoms with Gasteiger partial charge < -0.3 is 5.32 Å². The van der Waals surface area contributed by atoms with Crippen LogP contribution in [0, 0.1) is 0 Å². The molecule has 1 saturated heterocycles. The number of hydrogen-bond acceptors (Lipinski definition) is 1. The molecule has 0 amide bonds. The van der Waals surface area contributed by atoms with E-state index in [1.165, 1.54) is 0 Å². The number of nitrogens with one attached hydrogen (secondary N) is 1. The second-order valence-corrected chi connectivity index (χ2v) is 3.78. The maximum atomic E-state index is 12.0. The van der Waals surface area contributed by atoms with E-state index >= 15 is 0 Å². The maximum Gasteiger partial charge on any atom is 0.389 e. The number of rotatable bonds is 3. The summed E-state index contributed by atoms with van der Waals surface area (Å²) in [7, 11) is 0. The molecule has 13 heavy (non-hydrogen) atoms. The fourth-order valence-corrected chi connectivity index (χ4v) is 1.94. The maximum absolute atomic E-state index is 12.0. The number of hydrogen-bond donors (Lipinski definition) is 1. The van der Waals surface area contributed by atoms with Gasteiger partial charge in [-0.25, -0.2) is 0 Å². The molecule has 1 N–H and O–H groups in total. The molecule has 0 spiro atoms. The van der Waals surface area contributed by atoms with Crippen LogP contribution in [0.3, 0.4) is 0 Å². The van der Waals surface area contributed by atoms with Crippen LogP contribution in [0.25, 0.3) is 0 Å². The fourth-order valence-electron chi connectivity index (χ4n) is 1.94. The predicted molar refractivity (Wildman–Crippen MR) is 45.5 cm³/mol. The molecule has 4 heteroatoms. The molecular formula is C9H16F3N. The molecule has 0 aromatic heterocycles. The van der Waals surface area contributed by atoms with Gasteiger partial charge in [-0.2, -0.15) is 13.2 Å². The Morgan fingerprint density at radius 1 is 1.38 bits per heavy atom. The normalized spacial score (nSPS) is 29.5. The van der Waals surface area contributed by atoms with Gasteiger partial charge in [0.1, 0.15) is 0 Å². The van der Waals surface area contributed by atoms with Gasteiger partial charge in [-0.3, -0.25) is 0 Å². The molecule has 0 bridgehead atoms. The molecule has 1 atom stereocenters. The first-order valence-electron chi connectivity index (χ1n) is 4.79. The largest absolute Gasteiger partial charge is 0.389 e. The van der Waals surface area contributed by atoms with Crippen molar-refractivity contribution in [1.82, 2.24) is 5.32 Å². The lowest BCUT2D eigenvalue weighted by molar-refractivity contribution is -0.138. The molecule has 0 saturated carbocycles. The van der Waals surface area contributed by atoms with Crippen molar-refractivity contribution in [3.63, 3.8) is 0 Å². The molecular weight excluding hydrogens is 179 g/mol. The zero-order valence-corrected chi connectivity index (χ0v) is 7.88. The van der Waals surface area contributed by atoms with Gasteiger partial charge >= 0.3 is 6.18 Å². The monoisotopic (exact) mass is 195 g/mol. The highest BCUT2D eigenvalue weighted by molar-refractivity contribution is 4.91. The number of halogens is 3. The highest BCUT2D eigenvalue weighted by Crippen LogP contribution is 2.32. The fraction of sp³-hybridized carbons (Fsp3) is 1.00. The standard InChI is InChI=1S/C9H16F3N/c1-2-8(4-3-7-13-8)5-6-9(10,11)12/h13H,2-7H2,1H3. The lowest BCUT2D eigenvalue weighted by Gasteiger charge is -2.28. The van der Waals surface area contributed by atoms with Crippen molar-refractivity contribution in [3.05, 3.63) is 0 Å². The molecule has 1 aliphatic rings. The van der Waals surface area contributed by atoms with Crippen molar-refractivity contribution < 1.29 is 13.2 Å². The third kappa shape index (κ3) is 3.18. The molecule has 0 aliphatic carbocycles. The summed E-state index contributed by atoms with van der Waals surface area (Å²) in [4.78, 5) is 0. The Kier molecular flexibility index (Phi) is 3.22. The Bertz CT molecular complexity index is 159. The van der Waals surface area contributed by atoms with Crippen LogP contribution in [0.4, 0.5) is 13.2 Å². The molecule has 78 valence electrons. The summed E-state index contributed by atoms with van der Waals surface area (Å²) in [6, 6.07) is 0. The van der Waals surface area contributed by atoms with Gasteiger partial charge in [-0.15, -0.1) is 0 Å². The first-order valence-corrected chi connectivity index (χ1v) is 4.79. The van der Waals surface area contributed by atoms with Crippen molar-refractivity contribution in [2.24, 2.45) is 0 Å². The Morgan fingerprint density at radius 2 is 2.08 bits per heavy atom. The zero-order valence-electron chi connectivity index (χ0n) is 7.88. The van der Waals surface area contributed by atoms with Crippen molar-refractivity contribution in [3.8, 4) is 0 Å². The minimum atomic E-state index is -4.01.